The minimum atomic E-state index is -4.04. The van der Waals surface area contributed by atoms with Gasteiger partial charge in [0, 0.05) is 36.9 Å². The number of amides is 1. The maximum atomic E-state index is 13.6. The quantitative estimate of drug-likeness (QED) is 0.412. The molecule has 1 aliphatic rings. The molecular formula is C27H29Cl2N3O4S. The molecule has 1 heterocycles. The molecule has 1 N–H and O–H groups in total. The number of sulfonamides is 1. The second-order valence-corrected chi connectivity index (χ2v) is 11.2. The van der Waals surface area contributed by atoms with Gasteiger partial charge in [-0.2, -0.15) is 4.72 Å². The van der Waals surface area contributed by atoms with Gasteiger partial charge in [-0.1, -0.05) is 59.6 Å². The highest BCUT2D eigenvalue weighted by Crippen LogP contribution is 2.28. The lowest BCUT2D eigenvalue weighted by Crippen LogP contribution is -2.55. The summed E-state index contributed by atoms with van der Waals surface area (Å²) in [6.45, 7) is 4.39. The number of anilines is 1. The number of hydrogen-bond donors (Lipinski definition) is 1. The van der Waals surface area contributed by atoms with Crippen LogP contribution in [0.25, 0.3) is 0 Å². The molecule has 1 fully saturated rings. The van der Waals surface area contributed by atoms with Crippen LogP contribution in [0.1, 0.15) is 12.5 Å². The average Bonchev–Trinajstić information content (AvgIpc) is 2.90. The highest BCUT2D eigenvalue weighted by molar-refractivity contribution is 7.89. The van der Waals surface area contributed by atoms with Gasteiger partial charge in [0.25, 0.3) is 0 Å². The zero-order valence-corrected chi connectivity index (χ0v) is 22.8. The third-order valence-corrected chi connectivity index (χ3v) is 8.16. The smallest absolute Gasteiger partial charge is 0.241 e. The second-order valence-electron chi connectivity index (χ2n) is 8.68. The van der Waals surface area contributed by atoms with Gasteiger partial charge in [-0.25, -0.2) is 8.42 Å². The summed E-state index contributed by atoms with van der Waals surface area (Å²) in [6.07, 6.45) is 0.220. The van der Waals surface area contributed by atoms with E-state index in [1.54, 1.807) is 4.90 Å². The van der Waals surface area contributed by atoms with Crippen molar-refractivity contribution in [2.24, 2.45) is 0 Å². The topological polar surface area (TPSA) is 78.9 Å². The Balaban J connectivity index is 1.52. The molecule has 37 heavy (non-hydrogen) atoms. The molecule has 0 aromatic heterocycles. The Morgan fingerprint density at radius 2 is 1.70 bits per heavy atom. The number of carbonyl (C=O) groups is 1. The van der Waals surface area contributed by atoms with Gasteiger partial charge in [-0.15, -0.1) is 0 Å². The predicted molar refractivity (Wildman–Crippen MR) is 147 cm³/mol. The van der Waals surface area contributed by atoms with Crippen molar-refractivity contribution in [3.63, 3.8) is 0 Å². The van der Waals surface area contributed by atoms with Crippen molar-refractivity contribution in [1.29, 1.82) is 0 Å². The van der Waals surface area contributed by atoms with E-state index in [0.29, 0.717) is 43.6 Å². The average molecular weight is 563 g/mol. The van der Waals surface area contributed by atoms with Crippen LogP contribution >= 0.6 is 23.2 Å². The van der Waals surface area contributed by atoms with Gasteiger partial charge in [0.15, 0.2) is 0 Å². The fraction of sp³-hybridized carbons (Fsp3) is 0.296. The molecule has 1 saturated heterocycles. The lowest BCUT2D eigenvalue weighted by atomic mass is 10.1. The fourth-order valence-electron chi connectivity index (χ4n) is 4.28. The molecule has 1 amide bonds. The molecular weight excluding hydrogens is 533 g/mol. The Bertz CT molecular complexity index is 1330. The van der Waals surface area contributed by atoms with Crippen molar-refractivity contribution in [2.45, 2.75) is 24.3 Å². The Morgan fingerprint density at radius 1 is 0.973 bits per heavy atom. The molecule has 3 aromatic rings. The van der Waals surface area contributed by atoms with Gasteiger partial charge in [0.2, 0.25) is 15.9 Å². The van der Waals surface area contributed by atoms with Crippen molar-refractivity contribution < 1.29 is 17.9 Å². The summed E-state index contributed by atoms with van der Waals surface area (Å²) in [5, 5.41) is 0.843. The molecule has 196 valence electrons. The Morgan fingerprint density at radius 3 is 2.35 bits per heavy atom. The summed E-state index contributed by atoms with van der Waals surface area (Å²) < 4.78 is 34.7. The van der Waals surface area contributed by atoms with Crippen LogP contribution in [0.2, 0.25) is 10.0 Å². The fourth-order valence-corrected chi connectivity index (χ4v) is 5.98. The lowest BCUT2D eigenvalue weighted by molar-refractivity contribution is -0.133. The van der Waals surface area contributed by atoms with Gasteiger partial charge in [0.05, 0.1) is 16.5 Å². The molecule has 0 unspecified atom stereocenters. The summed E-state index contributed by atoms with van der Waals surface area (Å²) in [6, 6.07) is 20.2. The van der Waals surface area contributed by atoms with E-state index in [1.807, 2.05) is 61.5 Å². The van der Waals surface area contributed by atoms with Crippen molar-refractivity contribution in [3.05, 3.63) is 88.4 Å². The first-order valence-corrected chi connectivity index (χ1v) is 14.3. The summed E-state index contributed by atoms with van der Waals surface area (Å²) >= 11 is 12.4. The summed E-state index contributed by atoms with van der Waals surface area (Å²) in [7, 11) is -4.04. The molecule has 0 radical (unpaired) electrons. The van der Waals surface area contributed by atoms with Gasteiger partial charge in [0.1, 0.15) is 11.8 Å². The summed E-state index contributed by atoms with van der Waals surface area (Å²) in [4.78, 5) is 17.5. The molecule has 0 bridgehead atoms. The van der Waals surface area contributed by atoms with Gasteiger partial charge in [-0.3, -0.25) is 4.79 Å². The molecule has 7 nitrogen and oxygen atoms in total. The normalized spacial score (nSPS) is 14.9. The Kier molecular flexibility index (Phi) is 8.97. The van der Waals surface area contributed by atoms with Crippen molar-refractivity contribution in [1.82, 2.24) is 9.62 Å². The van der Waals surface area contributed by atoms with E-state index in [1.165, 1.54) is 18.2 Å². The van der Waals surface area contributed by atoms with Crippen LogP contribution in [0.4, 0.5) is 5.69 Å². The number of halogens is 2. The van der Waals surface area contributed by atoms with Crippen molar-refractivity contribution in [3.8, 4) is 5.75 Å². The number of carbonyl (C=O) groups excluding carboxylic acids is 1. The Hall–Kier alpha value is -2.78. The van der Waals surface area contributed by atoms with Crippen LogP contribution < -0.4 is 14.4 Å². The summed E-state index contributed by atoms with van der Waals surface area (Å²) in [5.74, 6) is 0.132. The van der Waals surface area contributed by atoms with Gasteiger partial charge in [-0.05, 0) is 55.3 Å². The zero-order chi connectivity index (χ0) is 26.4. The first-order valence-electron chi connectivity index (χ1n) is 12.0. The number of hydrogen-bond acceptors (Lipinski definition) is 5. The van der Waals surface area contributed by atoms with E-state index in [4.69, 9.17) is 27.9 Å². The molecule has 1 aliphatic heterocycles. The molecule has 0 saturated carbocycles. The highest BCUT2D eigenvalue weighted by Gasteiger charge is 2.31. The Labute approximate surface area is 228 Å². The van der Waals surface area contributed by atoms with Gasteiger partial charge < -0.3 is 14.5 Å². The number of rotatable bonds is 9. The first-order chi connectivity index (χ1) is 17.8. The summed E-state index contributed by atoms with van der Waals surface area (Å²) in [5.41, 5.74) is 1.85. The lowest BCUT2D eigenvalue weighted by Gasteiger charge is -2.37. The third-order valence-electron chi connectivity index (χ3n) is 6.16. The predicted octanol–water partition coefficient (Wildman–Crippen LogP) is 4.63. The van der Waals surface area contributed by atoms with Crippen LogP contribution in [-0.2, 0) is 21.2 Å². The molecule has 10 heteroatoms. The van der Waals surface area contributed by atoms with Crippen LogP contribution in [-0.4, -0.2) is 58.1 Å². The second kappa shape index (κ2) is 12.2. The molecule has 0 aliphatic carbocycles. The van der Waals surface area contributed by atoms with Gasteiger partial charge >= 0.3 is 0 Å². The number of nitrogens with one attached hydrogen (secondary N) is 1. The number of benzene rings is 3. The van der Waals surface area contributed by atoms with E-state index in [9.17, 15) is 13.2 Å². The maximum Gasteiger partial charge on any atom is 0.241 e. The number of piperazine rings is 1. The molecule has 1 atom stereocenters. The zero-order valence-electron chi connectivity index (χ0n) is 20.4. The minimum absolute atomic E-state index is 0.0300. The monoisotopic (exact) mass is 561 g/mol. The standard InChI is InChI=1S/C27H29Cl2N3O4S/c1-2-36-26-12-11-23(19-24(26)29)37(34,35)30-25(17-20-7-4-3-5-8-20)27(33)32-15-13-31(14-16-32)22-10-6-9-21(28)18-22/h3-12,18-19,25,30H,2,13-17H2,1H3/t25-/m1/s1. The maximum absolute atomic E-state index is 13.6. The van der Waals surface area contributed by atoms with Crippen LogP contribution in [0.5, 0.6) is 5.75 Å². The van der Waals surface area contributed by atoms with Crippen LogP contribution in [0.3, 0.4) is 0 Å². The van der Waals surface area contributed by atoms with E-state index in [-0.39, 0.29) is 22.2 Å². The molecule has 0 spiro atoms. The van der Waals surface area contributed by atoms with Crippen LogP contribution in [0, 0.1) is 0 Å². The highest BCUT2D eigenvalue weighted by atomic mass is 35.5. The van der Waals surface area contributed by atoms with Crippen molar-refractivity contribution >= 4 is 44.8 Å². The number of ether oxygens (including phenoxy) is 1. The van der Waals surface area contributed by atoms with E-state index < -0.39 is 16.1 Å². The van der Waals surface area contributed by atoms with E-state index in [0.717, 1.165) is 11.3 Å². The van der Waals surface area contributed by atoms with Crippen molar-refractivity contribution in [2.75, 3.05) is 37.7 Å². The van der Waals surface area contributed by atoms with E-state index in [2.05, 4.69) is 9.62 Å². The van der Waals surface area contributed by atoms with E-state index >= 15 is 0 Å². The molecule has 4 rings (SSSR count). The first kappa shape index (κ1) is 27.3. The molecule has 3 aromatic carbocycles. The number of nitrogens with zero attached hydrogens (tertiary/aromatic N) is 2. The SMILES string of the molecule is CCOc1ccc(S(=O)(=O)N[C@H](Cc2ccccc2)C(=O)N2CCN(c3cccc(Cl)c3)CC2)cc1Cl. The van der Waals surface area contributed by atoms with Crippen LogP contribution in [0.15, 0.2) is 77.7 Å². The minimum Gasteiger partial charge on any atom is -0.492 e. The third kappa shape index (κ3) is 6.96. The largest absolute Gasteiger partial charge is 0.492 e.